The molecular weight excluding hydrogens is 350 g/mol. The van der Waals surface area contributed by atoms with Crippen molar-refractivity contribution in [3.05, 3.63) is 35.9 Å². The second-order valence-electron chi connectivity index (χ2n) is 6.56. The van der Waals surface area contributed by atoms with Crippen LogP contribution in [-0.2, 0) is 30.5 Å². The van der Waals surface area contributed by atoms with Crippen molar-refractivity contribution < 1.29 is 23.9 Å². The lowest BCUT2D eigenvalue weighted by atomic mass is 10.2. The smallest absolute Gasteiger partial charge is 0.312 e. The molecule has 27 heavy (non-hydrogen) atoms. The van der Waals surface area contributed by atoms with Crippen molar-refractivity contribution in [2.45, 2.75) is 6.61 Å². The maximum atomic E-state index is 12.4. The summed E-state index contributed by atoms with van der Waals surface area (Å²) >= 11 is 0. The van der Waals surface area contributed by atoms with Gasteiger partial charge in [0, 0.05) is 39.3 Å². The van der Waals surface area contributed by atoms with Gasteiger partial charge >= 0.3 is 11.8 Å². The highest BCUT2D eigenvalue weighted by Crippen LogP contribution is 2.07. The minimum Gasteiger partial charge on any atom is -0.378 e. The quantitative estimate of drug-likeness (QED) is 0.677. The Morgan fingerprint density at radius 3 is 2.00 bits per heavy atom. The largest absolute Gasteiger partial charge is 0.378 e. The fourth-order valence-corrected chi connectivity index (χ4v) is 3.12. The fraction of sp³-hybridized carbons (Fsp3) is 0.526. The Balaban J connectivity index is 1.39. The number of carbonyl (C=O) groups excluding carboxylic acids is 3. The second-order valence-corrected chi connectivity index (χ2v) is 6.56. The topological polar surface area (TPSA) is 79.4 Å². The van der Waals surface area contributed by atoms with Crippen LogP contribution in [0.3, 0.4) is 0 Å². The van der Waals surface area contributed by atoms with Crippen molar-refractivity contribution in [3.63, 3.8) is 0 Å². The molecule has 0 saturated carbocycles. The van der Waals surface area contributed by atoms with Gasteiger partial charge in [-0.2, -0.15) is 0 Å². The molecule has 0 bridgehead atoms. The Morgan fingerprint density at radius 1 is 0.815 bits per heavy atom. The van der Waals surface area contributed by atoms with Gasteiger partial charge in [-0.05, 0) is 5.56 Å². The number of piperazine rings is 1. The zero-order chi connectivity index (χ0) is 19.1. The minimum absolute atomic E-state index is 0.00947. The minimum atomic E-state index is -0.496. The van der Waals surface area contributed by atoms with Gasteiger partial charge in [0.2, 0.25) is 5.91 Å². The molecule has 1 aromatic rings. The number of hydrogen-bond acceptors (Lipinski definition) is 5. The number of ether oxygens (including phenoxy) is 2. The van der Waals surface area contributed by atoms with E-state index in [2.05, 4.69) is 0 Å². The molecule has 3 amide bonds. The van der Waals surface area contributed by atoms with E-state index in [9.17, 15) is 14.4 Å². The van der Waals surface area contributed by atoms with E-state index < -0.39 is 11.8 Å². The van der Waals surface area contributed by atoms with Crippen LogP contribution >= 0.6 is 0 Å². The molecule has 8 nitrogen and oxygen atoms in total. The summed E-state index contributed by atoms with van der Waals surface area (Å²) in [6, 6.07) is 9.67. The van der Waals surface area contributed by atoms with Crippen LogP contribution in [-0.4, -0.2) is 91.5 Å². The normalized spacial score (nSPS) is 17.7. The first kappa shape index (κ1) is 19.3. The van der Waals surface area contributed by atoms with Crippen LogP contribution in [0.2, 0.25) is 0 Å². The summed E-state index contributed by atoms with van der Waals surface area (Å²) in [5, 5.41) is 0. The van der Waals surface area contributed by atoms with Gasteiger partial charge in [0.25, 0.3) is 0 Å². The van der Waals surface area contributed by atoms with Crippen molar-refractivity contribution in [2.75, 3.05) is 59.1 Å². The third-order valence-electron chi connectivity index (χ3n) is 4.74. The maximum Gasteiger partial charge on any atom is 0.312 e. The van der Waals surface area contributed by atoms with Crippen LogP contribution < -0.4 is 0 Å². The highest BCUT2D eigenvalue weighted by Gasteiger charge is 2.31. The van der Waals surface area contributed by atoms with Gasteiger partial charge in [0.15, 0.2) is 0 Å². The van der Waals surface area contributed by atoms with Crippen molar-refractivity contribution in [2.24, 2.45) is 0 Å². The molecule has 0 unspecified atom stereocenters. The summed E-state index contributed by atoms with van der Waals surface area (Å²) < 4.78 is 10.7. The van der Waals surface area contributed by atoms with Gasteiger partial charge in [0.05, 0.1) is 19.8 Å². The first-order valence-electron chi connectivity index (χ1n) is 9.20. The monoisotopic (exact) mass is 375 g/mol. The average molecular weight is 375 g/mol. The van der Waals surface area contributed by atoms with E-state index >= 15 is 0 Å². The van der Waals surface area contributed by atoms with E-state index in [4.69, 9.17) is 9.47 Å². The molecule has 0 aromatic heterocycles. The van der Waals surface area contributed by atoms with Gasteiger partial charge in [0.1, 0.15) is 6.61 Å². The molecule has 2 aliphatic heterocycles. The summed E-state index contributed by atoms with van der Waals surface area (Å²) in [7, 11) is 0. The Hall–Kier alpha value is -2.45. The molecule has 2 aliphatic rings. The number of amides is 3. The number of nitrogens with zero attached hydrogens (tertiary/aromatic N) is 3. The van der Waals surface area contributed by atoms with Crippen molar-refractivity contribution in [3.8, 4) is 0 Å². The summed E-state index contributed by atoms with van der Waals surface area (Å²) in [5.74, 6) is -1.08. The van der Waals surface area contributed by atoms with Gasteiger partial charge in [-0.3, -0.25) is 14.4 Å². The summed E-state index contributed by atoms with van der Waals surface area (Å²) in [6.07, 6.45) is 0. The fourth-order valence-electron chi connectivity index (χ4n) is 3.12. The van der Waals surface area contributed by atoms with Crippen molar-refractivity contribution in [1.29, 1.82) is 0 Å². The Kier molecular flexibility index (Phi) is 6.78. The van der Waals surface area contributed by atoms with Crippen LogP contribution in [0, 0.1) is 0 Å². The summed E-state index contributed by atoms with van der Waals surface area (Å²) in [6.45, 7) is 3.76. The van der Waals surface area contributed by atoms with Crippen LogP contribution in [0.15, 0.2) is 30.3 Å². The molecule has 2 heterocycles. The van der Waals surface area contributed by atoms with Gasteiger partial charge in [-0.15, -0.1) is 0 Å². The third kappa shape index (κ3) is 5.27. The zero-order valence-corrected chi connectivity index (χ0v) is 15.3. The lowest BCUT2D eigenvalue weighted by Gasteiger charge is -2.35. The van der Waals surface area contributed by atoms with E-state index in [1.165, 1.54) is 9.80 Å². The van der Waals surface area contributed by atoms with Crippen LogP contribution in [0.4, 0.5) is 0 Å². The van der Waals surface area contributed by atoms with E-state index in [-0.39, 0.29) is 12.5 Å². The zero-order valence-electron chi connectivity index (χ0n) is 15.3. The maximum absolute atomic E-state index is 12.4. The number of morpholine rings is 1. The first-order chi connectivity index (χ1) is 13.1. The molecule has 146 valence electrons. The molecule has 0 aliphatic carbocycles. The molecule has 0 spiro atoms. The summed E-state index contributed by atoms with van der Waals surface area (Å²) in [4.78, 5) is 41.6. The number of hydrogen-bond donors (Lipinski definition) is 0. The molecule has 3 rings (SSSR count). The molecular formula is C19H25N3O5. The molecule has 0 N–H and O–H groups in total. The molecule has 2 fully saturated rings. The Morgan fingerprint density at radius 2 is 1.37 bits per heavy atom. The van der Waals surface area contributed by atoms with Gasteiger partial charge < -0.3 is 24.2 Å². The van der Waals surface area contributed by atoms with E-state index in [1.807, 2.05) is 30.3 Å². The Bertz CT molecular complexity index is 653. The van der Waals surface area contributed by atoms with Crippen molar-refractivity contribution >= 4 is 17.7 Å². The summed E-state index contributed by atoms with van der Waals surface area (Å²) in [5.41, 5.74) is 1.02. The number of rotatable bonds is 4. The number of carbonyl (C=O) groups is 3. The van der Waals surface area contributed by atoms with E-state index in [1.54, 1.807) is 4.90 Å². The number of benzene rings is 1. The third-order valence-corrected chi connectivity index (χ3v) is 4.74. The average Bonchev–Trinajstić information content (AvgIpc) is 2.74. The molecule has 0 atom stereocenters. The van der Waals surface area contributed by atoms with E-state index in [0.29, 0.717) is 59.1 Å². The molecule has 2 saturated heterocycles. The van der Waals surface area contributed by atoms with Crippen LogP contribution in [0.25, 0.3) is 0 Å². The molecule has 1 aromatic carbocycles. The predicted octanol–water partition coefficient (Wildman–Crippen LogP) is -0.267. The van der Waals surface area contributed by atoms with Crippen LogP contribution in [0.1, 0.15) is 5.56 Å². The van der Waals surface area contributed by atoms with Crippen LogP contribution in [0.5, 0.6) is 0 Å². The lowest BCUT2D eigenvalue weighted by Crippen LogP contribution is -2.55. The second kappa shape index (κ2) is 9.48. The van der Waals surface area contributed by atoms with E-state index in [0.717, 1.165) is 5.56 Å². The SMILES string of the molecule is O=C(COCc1ccccc1)N1CCN(C(=O)C(=O)N2CCOCC2)CC1. The standard InChI is InChI=1S/C19H25N3O5/c23-17(15-27-14-16-4-2-1-3-5-16)20-6-8-21(9-7-20)18(24)19(25)22-10-12-26-13-11-22/h1-5H,6-15H2. The lowest BCUT2D eigenvalue weighted by molar-refractivity contribution is -0.156. The first-order valence-corrected chi connectivity index (χ1v) is 9.20. The highest BCUT2D eigenvalue weighted by molar-refractivity contribution is 6.34. The molecule has 8 heteroatoms. The van der Waals surface area contributed by atoms with Gasteiger partial charge in [-0.1, -0.05) is 30.3 Å². The predicted molar refractivity (Wildman–Crippen MR) is 96.7 cm³/mol. The van der Waals surface area contributed by atoms with Crippen molar-refractivity contribution in [1.82, 2.24) is 14.7 Å². The highest BCUT2D eigenvalue weighted by atomic mass is 16.5. The molecule has 0 radical (unpaired) electrons. The van der Waals surface area contributed by atoms with Gasteiger partial charge in [-0.25, -0.2) is 0 Å². The Labute approximate surface area is 158 Å².